The highest BCUT2D eigenvalue weighted by atomic mass is 16.5. The number of aliphatic hydroxyl groups is 1. The summed E-state index contributed by atoms with van der Waals surface area (Å²) < 4.78 is 5.24. The Bertz CT molecular complexity index is 393. The normalized spacial score (nSPS) is 26.6. The zero-order valence-electron chi connectivity index (χ0n) is 11.0. The molecule has 1 aromatic rings. The monoisotopic (exact) mass is 239 g/mol. The van der Waals surface area contributed by atoms with Gasteiger partial charge in [0.15, 0.2) is 5.82 Å². The minimum Gasteiger partial charge on any atom is -0.389 e. The van der Waals surface area contributed by atoms with Gasteiger partial charge in [-0.2, -0.15) is 4.98 Å². The fourth-order valence-electron chi connectivity index (χ4n) is 2.00. The summed E-state index contributed by atoms with van der Waals surface area (Å²) in [6.45, 7) is 10.2. The van der Waals surface area contributed by atoms with E-state index < -0.39 is 5.60 Å². The van der Waals surface area contributed by atoms with Gasteiger partial charge in [0.1, 0.15) is 0 Å². The topological polar surface area (TPSA) is 62.4 Å². The summed E-state index contributed by atoms with van der Waals surface area (Å²) in [5, 5.41) is 13.9. The van der Waals surface area contributed by atoms with Crippen LogP contribution in [0.15, 0.2) is 4.52 Å². The number of hydrogen-bond donors (Lipinski definition) is 1. The van der Waals surface area contributed by atoms with E-state index in [1.807, 2.05) is 27.7 Å². The van der Waals surface area contributed by atoms with Gasteiger partial charge in [-0.3, -0.25) is 4.90 Å². The van der Waals surface area contributed by atoms with Crippen molar-refractivity contribution < 1.29 is 9.63 Å². The molecular formula is C12H21N3O2. The summed E-state index contributed by atoms with van der Waals surface area (Å²) in [6, 6.07) is 0. The van der Waals surface area contributed by atoms with Crippen LogP contribution in [0.1, 0.15) is 45.8 Å². The number of rotatable bonds is 2. The largest absolute Gasteiger partial charge is 0.389 e. The van der Waals surface area contributed by atoms with E-state index in [1.165, 1.54) is 0 Å². The minimum absolute atomic E-state index is 0.109. The summed E-state index contributed by atoms with van der Waals surface area (Å²) in [7, 11) is 0. The summed E-state index contributed by atoms with van der Waals surface area (Å²) >= 11 is 0. The van der Waals surface area contributed by atoms with E-state index in [2.05, 4.69) is 15.0 Å². The molecule has 0 radical (unpaired) electrons. The van der Waals surface area contributed by atoms with Crippen molar-refractivity contribution in [3.05, 3.63) is 11.7 Å². The average Bonchev–Trinajstić information content (AvgIpc) is 2.72. The van der Waals surface area contributed by atoms with Crippen molar-refractivity contribution in [2.45, 2.75) is 51.7 Å². The summed E-state index contributed by atoms with van der Waals surface area (Å²) in [5.41, 5.74) is -0.682. The molecule has 1 aliphatic rings. The summed E-state index contributed by atoms with van der Waals surface area (Å²) in [5.74, 6) is 1.37. The van der Waals surface area contributed by atoms with Crippen molar-refractivity contribution in [3.8, 4) is 0 Å². The first-order valence-electron chi connectivity index (χ1n) is 6.04. The second-order valence-electron chi connectivity index (χ2n) is 6.22. The second-order valence-corrected chi connectivity index (χ2v) is 6.22. The number of hydrogen-bond acceptors (Lipinski definition) is 5. The molecule has 1 aliphatic heterocycles. The highest BCUT2D eigenvalue weighted by Crippen LogP contribution is 2.23. The molecule has 2 heterocycles. The zero-order valence-corrected chi connectivity index (χ0v) is 11.0. The van der Waals surface area contributed by atoms with Gasteiger partial charge in [0.2, 0.25) is 5.89 Å². The lowest BCUT2D eigenvalue weighted by atomic mass is 9.97. The van der Waals surface area contributed by atoms with Gasteiger partial charge in [0.25, 0.3) is 0 Å². The lowest BCUT2D eigenvalue weighted by Gasteiger charge is -2.17. The zero-order chi connectivity index (χ0) is 12.7. The highest BCUT2D eigenvalue weighted by molar-refractivity contribution is 4.99. The van der Waals surface area contributed by atoms with Gasteiger partial charge >= 0.3 is 0 Å². The lowest BCUT2D eigenvalue weighted by Crippen LogP contribution is -2.29. The third-order valence-electron chi connectivity index (χ3n) is 3.01. The maximum atomic E-state index is 9.87. The Labute approximate surface area is 102 Å². The van der Waals surface area contributed by atoms with Gasteiger partial charge in [-0.1, -0.05) is 25.9 Å². The van der Waals surface area contributed by atoms with Crippen LogP contribution < -0.4 is 0 Å². The third kappa shape index (κ3) is 3.04. The standard InChI is InChI=1S/C12H21N3O2/c1-11(2,3)10-13-9(14-17-10)7-15-6-5-12(4,16)8-15/h16H,5-8H2,1-4H3. The number of aromatic nitrogens is 2. The van der Waals surface area contributed by atoms with Crippen LogP contribution in [0.3, 0.4) is 0 Å². The van der Waals surface area contributed by atoms with Crippen molar-refractivity contribution >= 4 is 0 Å². The van der Waals surface area contributed by atoms with Crippen molar-refractivity contribution in [2.24, 2.45) is 0 Å². The molecule has 17 heavy (non-hydrogen) atoms. The molecule has 0 aromatic carbocycles. The Kier molecular flexibility index (Phi) is 2.99. The molecule has 1 aromatic heterocycles. The first kappa shape index (κ1) is 12.5. The molecule has 0 saturated carbocycles. The van der Waals surface area contributed by atoms with Crippen LogP contribution in [0.5, 0.6) is 0 Å². The van der Waals surface area contributed by atoms with Crippen LogP contribution >= 0.6 is 0 Å². The van der Waals surface area contributed by atoms with Gasteiger partial charge in [0, 0.05) is 18.5 Å². The number of β-amino-alcohol motifs (C(OH)–C–C–N with tert-alkyl or cyclic N) is 1. The molecular weight excluding hydrogens is 218 g/mol. The molecule has 1 N–H and O–H groups in total. The van der Waals surface area contributed by atoms with Gasteiger partial charge in [-0.05, 0) is 13.3 Å². The van der Waals surface area contributed by atoms with Gasteiger partial charge in [-0.15, -0.1) is 0 Å². The molecule has 0 amide bonds. The van der Waals surface area contributed by atoms with E-state index >= 15 is 0 Å². The Balaban J connectivity index is 1.99. The highest BCUT2D eigenvalue weighted by Gasteiger charge is 2.32. The third-order valence-corrected chi connectivity index (χ3v) is 3.01. The van der Waals surface area contributed by atoms with Crippen LogP contribution in [0, 0.1) is 0 Å². The Hall–Kier alpha value is -0.940. The van der Waals surface area contributed by atoms with E-state index in [4.69, 9.17) is 4.52 Å². The Morgan fingerprint density at radius 1 is 1.47 bits per heavy atom. The summed E-state index contributed by atoms with van der Waals surface area (Å²) in [6.07, 6.45) is 0.803. The smallest absolute Gasteiger partial charge is 0.232 e. The van der Waals surface area contributed by atoms with Crippen LogP contribution in [0.4, 0.5) is 0 Å². The Morgan fingerprint density at radius 2 is 2.18 bits per heavy atom. The molecule has 0 aliphatic carbocycles. The molecule has 2 rings (SSSR count). The van der Waals surface area contributed by atoms with E-state index in [0.717, 1.165) is 13.0 Å². The van der Waals surface area contributed by atoms with E-state index in [1.54, 1.807) is 0 Å². The molecule has 5 heteroatoms. The molecule has 0 spiro atoms. The van der Waals surface area contributed by atoms with Gasteiger partial charge < -0.3 is 9.63 Å². The maximum absolute atomic E-state index is 9.87. The molecule has 0 bridgehead atoms. The SMILES string of the molecule is CC1(O)CCN(Cc2noc(C(C)(C)C)n2)C1. The fraction of sp³-hybridized carbons (Fsp3) is 0.833. The van der Waals surface area contributed by atoms with Crippen LogP contribution in [0.2, 0.25) is 0 Å². The minimum atomic E-state index is -0.573. The molecule has 1 saturated heterocycles. The van der Waals surface area contributed by atoms with Gasteiger partial charge in [-0.25, -0.2) is 0 Å². The van der Waals surface area contributed by atoms with Gasteiger partial charge in [0.05, 0.1) is 12.1 Å². The second kappa shape index (κ2) is 4.07. The molecule has 96 valence electrons. The van der Waals surface area contributed by atoms with Crippen molar-refractivity contribution in [1.82, 2.24) is 15.0 Å². The molecule has 1 fully saturated rings. The quantitative estimate of drug-likeness (QED) is 0.843. The maximum Gasteiger partial charge on any atom is 0.232 e. The van der Waals surface area contributed by atoms with Crippen molar-refractivity contribution in [2.75, 3.05) is 13.1 Å². The Morgan fingerprint density at radius 3 is 2.65 bits per heavy atom. The molecule has 1 atom stereocenters. The first-order chi connectivity index (χ1) is 7.76. The van der Waals surface area contributed by atoms with Crippen molar-refractivity contribution in [1.29, 1.82) is 0 Å². The predicted octanol–water partition coefficient (Wildman–Crippen LogP) is 1.32. The van der Waals surface area contributed by atoms with Crippen molar-refractivity contribution in [3.63, 3.8) is 0 Å². The van der Waals surface area contributed by atoms with Crippen LogP contribution in [-0.4, -0.2) is 38.8 Å². The fourth-order valence-corrected chi connectivity index (χ4v) is 2.00. The van der Waals surface area contributed by atoms with E-state index in [-0.39, 0.29) is 5.41 Å². The summed E-state index contributed by atoms with van der Waals surface area (Å²) in [4.78, 5) is 6.54. The number of likely N-dealkylation sites (tertiary alicyclic amines) is 1. The first-order valence-corrected chi connectivity index (χ1v) is 6.04. The van der Waals surface area contributed by atoms with E-state index in [9.17, 15) is 5.11 Å². The molecule has 1 unspecified atom stereocenters. The number of nitrogens with zero attached hydrogens (tertiary/aromatic N) is 3. The average molecular weight is 239 g/mol. The lowest BCUT2D eigenvalue weighted by molar-refractivity contribution is 0.0675. The van der Waals surface area contributed by atoms with E-state index in [0.29, 0.717) is 24.8 Å². The molecule has 5 nitrogen and oxygen atoms in total. The predicted molar refractivity (Wildman–Crippen MR) is 63.5 cm³/mol. The van der Waals surface area contributed by atoms with Crippen LogP contribution in [-0.2, 0) is 12.0 Å². The van der Waals surface area contributed by atoms with Crippen LogP contribution in [0.25, 0.3) is 0 Å².